The molecule has 0 aliphatic carbocycles. The summed E-state index contributed by atoms with van der Waals surface area (Å²) >= 11 is 6.22. The third-order valence-corrected chi connectivity index (χ3v) is 5.07. The van der Waals surface area contributed by atoms with Crippen molar-refractivity contribution >= 4 is 21.6 Å². The van der Waals surface area contributed by atoms with Gasteiger partial charge in [-0.05, 0) is 25.7 Å². The fourth-order valence-electron chi connectivity index (χ4n) is 2.13. The Morgan fingerprint density at radius 3 is 2.59 bits per heavy atom. The number of nitrogens with one attached hydrogen (secondary N) is 1. The minimum Gasteiger partial charge on any atom is -0.301 e. The molecule has 0 bridgehead atoms. The highest BCUT2D eigenvalue weighted by atomic mass is 35.5. The molecule has 1 aromatic carbocycles. The van der Waals surface area contributed by atoms with E-state index in [1.54, 1.807) is 13.1 Å². The highest BCUT2D eigenvalue weighted by Crippen LogP contribution is 2.25. The molecule has 0 fully saturated rings. The van der Waals surface area contributed by atoms with E-state index in [4.69, 9.17) is 11.6 Å². The van der Waals surface area contributed by atoms with Gasteiger partial charge < -0.3 is 4.90 Å². The Morgan fingerprint density at radius 2 is 2.05 bits per heavy atom. The summed E-state index contributed by atoms with van der Waals surface area (Å²) in [6.45, 7) is 0.216. The molecule has 2 aromatic rings. The first-order chi connectivity index (χ1) is 10.3. The Kier molecular flexibility index (Phi) is 5.23. The lowest BCUT2D eigenvalue weighted by atomic mass is 10.1. The molecule has 8 heteroatoms. The van der Waals surface area contributed by atoms with Gasteiger partial charge in [0.1, 0.15) is 4.90 Å². The monoisotopic (exact) mass is 342 g/mol. The van der Waals surface area contributed by atoms with Crippen molar-refractivity contribution < 1.29 is 8.42 Å². The standard InChI is InChI=1S/C14H19ClN4O2S/c1-18(2)14(12-6-4-5-7-13(12)15)9-17-22(20,21)11-8-16-19(3)10-11/h4-8,10,14,17H,9H2,1-3H3/t14-/m1/s1. The van der Waals surface area contributed by atoms with Crippen LogP contribution in [0.3, 0.4) is 0 Å². The van der Waals surface area contributed by atoms with Crippen LogP contribution in [0.1, 0.15) is 11.6 Å². The highest BCUT2D eigenvalue weighted by molar-refractivity contribution is 7.89. The Balaban J connectivity index is 2.18. The van der Waals surface area contributed by atoms with Crippen molar-refractivity contribution in [3.05, 3.63) is 47.2 Å². The molecule has 0 saturated carbocycles. The maximum Gasteiger partial charge on any atom is 0.243 e. The third-order valence-electron chi connectivity index (χ3n) is 3.35. The molecule has 1 N–H and O–H groups in total. The van der Waals surface area contributed by atoms with Gasteiger partial charge in [-0.1, -0.05) is 29.8 Å². The van der Waals surface area contributed by atoms with Crippen LogP contribution in [0.2, 0.25) is 5.02 Å². The van der Waals surface area contributed by atoms with Crippen LogP contribution in [-0.2, 0) is 17.1 Å². The number of halogens is 1. The van der Waals surface area contributed by atoms with E-state index >= 15 is 0 Å². The van der Waals surface area contributed by atoms with Crippen LogP contribution in [0.4, 0.5) is 0 Å². The number of hydrogen-bond donors (Lipinski definition) is 1. The maximum atomic E-state index is 12.3. The van der Waals surface area contributed by atoms with Crippen LogP contribution < -0.4 is 4.72 Å². The van der Waals surface area contributed by atoms with E-state index in [1.807, 2.05) is 37.2 Å². The van der Waals surface area contributed by atoms with Gasteiger partial charge in [0.15, 0.2) is 0 Å². The normalized spacial score (nSPS) is 13.5. The zero-order valence-corrected chi connectivity index (χ0v) is 14.3. The second-order valence-electron chi connectivity index (χ2n) is 5.20. The first-order valence-electron chi connectivity index (χ1n) is 6.70. The molecule has 120 valence electrons. The molecule has 0 radical (unpaired) electrons. The van der Waals surface area contributed by atoms with Gasteiger partial charge in [-0.2, -0.15) is 5.10 Å². The molecule has 0 spiro atoms. The number of nitrogens with zero attached hydrogens (tertiary/aromatic N) is 3. The zero-order valence-electron chi connectivity index (χ0n) is 12.7. The van der Waals surface area contributed by atoms with E-state index in [0.717, 1.165) is 5.56 Å². The van der Waals surface area contributed by atoms with Crippen LogP contribution in [0.25, 0.3) is 0 Å². The summed E-state index contributed by atoms with van der Waals surface area (Å²) in [7, 11) is 1.84. The van der Waals surface area contributed by atoms with Crippen molar-refractivity contribution in [3.8, 4) is 0 Å². The first-order valence-corrected chi connectivity index (χ1v) is 8.56. The summed E-state index contributed by atoms with van der Waals surface area (Å²) in [6.07, 6.45) is 2.78. The number of sulfonamides is 1. The van der Waals surface area contributed by atoms with E-state index in [-0.39, 0.29) is 17.5 Å². The molecular formula is C14H19ClN4O2S. The van der Waals surface area contributed by atoms with Crippen LogP contribution in [0.5, 0.6) is 0 Å². The number of hydrogen-bond acceptors (Lipinski definition) is 4. The molecular weight excluding hydrogens is 324 g/mol. The first kappa shape index (κ1) is 17.0. The fourth-order valence-corrected chi connectivity index (χ4v) is 3.41. The molecule has 0 aliphatic rings. The molecule has 1 atom stereocenters. The van der Waals surface area contributed by atoms with E-state index in [2.05, 4.69) is 9.82 Å². The molecule has 0 saturated heterocycles. The maximum absolute atomic E-state index is 12.3. The summed E-state index contributed by atoms with van der Waals surface area (Å²) in [5, 5.41) is 4.50. The van der Waals surface area contributed by atoms with Crippen molar-refractivity contribution in [3.63, 3.8) is 0 Å². The van der Waals surface area contributed by atoms with E-state index in [1.165, 1.54) is 17.1 Å². The zero-order chi connectivity index (χ0) is 16.3. The SMILES string of the molecule is CN(C)[C@H](CNS(=O)(=O)c1cnn(C)c1)c1ccccc1Cl. The van der Waals surface area contributed by atoms with Crippen molar-refractivity contribution in [2.24, 2.45) is 7.05 Å². The Hall–Kier alpha value is -1.41. The third kappa shape index (κ3) is 3.86. The Labute approximate surface area is 135 Å². The number of benzene rings is 1. The lowest BCUT2D eigenvalue weighted by Gasteiger charge is -2.25. The fraction of sp³-hybridized carbons (Fsp3) is 0.357. The highest BCUT2D eigenvalue weighted by Gasteiger charge is 2.22. The van der Waals surface area contributed by atoms with E-state index in [9.17, 15) is 8.42 Å². The van der Waals surface area contributed by atoms with Crippen molar-refractivity contribution in [2.45, 2.75) is 10.9 Å². The Bertz CT molecular complexity index is 743. The molecule has 22 heavy (non-hydrogen) atoms. The summed E-state index contributed by atoms with van der Waals surface area (Å²) in [4.78, 5) is 2.07. The van der Waals surface area contributed by atoms with Gasteiger partial charge in [0.05, 0.1) is 6.20 Å². The molecule has 0 unspecified atom stereocenters. The van der Waals surface area contributed by atoms with Crippen molar-refractivity contribution in [1.29, 1.82) is 0 Å². The summed E-state index contributed by atoms with van der Waals surface area (Å²) < 4.78 is 28.6. The molecule has 0 amide bonds. The second kappa shape index (κ2) is 6.78. The number of aromatic nitrogens is 2. The van der Waals surface area contributed by atoms with E-state index in [0.29, 0.717) is 5.02 Å². The van der Waals surface area contributed by atoms with Crippen LogP contribution in [0.15, 0.2) is 41.6 Å². The second-order valence-corrected chi connectivity index (χ2v) is 7.38. The van der Waals surface area contributed by atoms with E-state index < -0.39 is 10.0 Å². The van der Waals surface area contributed by atoms with Crippen LogP contribution in [-0.4, -0.2) is 43.7 Å². The van der Waals surface area contributed by atoms with Gasteiger partial charge in [-0.15, -0.1) is 0 Å². The lowest BCUT2D eigenvalue weighted by Crippen LogP contribution is -2.34. The molecule has 2 rings (SSSR count). The smallest absolute Gasteiger partial charge is 0.243 e. The lowest BCUT2D eigenvalue weighted by molar-refractivity contribution is 0.299. The van der Waals surface area contributed by atoms with Crippen LogP contribution in [0, 0.1) is 0 Å². The van der Waals surface area contributed by atoms with Gasteiger partial charge in [-0.25, -0.2) is 13.1 Å². The largest absolute Gasteiger partial charge is 0.301 e. The molecule has 6 nitrogen and oxygen atoms in total. The molecule has 1 heterocycles. The topological polar surface area (TPSA) is 67.2 Å². The minimum absolute atomic E-state index is 0.145. The number of rotatable bonds is 6. The summed E-state index contributed by atoms with van der Waals surface area (Å²) in [6, 6.07) is 7.25. The Morgan fingerprint density at radius 1 is 1.36 bits per heavy atom. The average molecular weight is 343 g/mol. The molecule has 1 aromatic heterocycles. The van der Waals surface area contributed by atoms with Gasteiger partial charge in [0.2, 0.25) is 10.0 Å². The quantitative estimate of drug-likeness (QED) is 0.867. The van der Waals surface area contributed by atoms with Crippen molar-refractivity contribution in [1.82, 2.24) is 19.4 Å². The van der Waals surface area contributed by atoms with Gasteiger partial charge in [0, 0.05) is 30.9 Å². The van der Waals surface area contributed by atoms with Crippen molar-refractivity contribution in [2.75, 3.05) is 20.6 Å². The summed E-state index contributed by atoms with van der Waals surface area (Å²) in [5.41, 5.74) is 0.878. The number of aryl methyl sites for hydroxylation is 1. The van der Waals surface area contributed by atoms with Gasteiger partial charge >= 0.3 is 0 Å². The van der Waals surface area contributed by atoms with Gasteiger partial charge in [-0.3, -0.25) is 4.68 Å². The predicted molar refractivity (Wildman–Crippen MR) is 86.3 cm³/mol. The minimum atomic E-state index is -3.59. The van der Waals surface area contributed by atoms with Gasteiger partial charge in [0.25, 0.3) is 0 Å². The summed E-state index contributed by atoms with van der Waals surface area (Å²) in [5.74, 6) is 0. The molecule has 0 aliphatic heterocycles. The number of likely N-dealkylation sites (N-methyl/N-ethyl adjacent to an activating group) is 1. The predicted octanol–water partition coefficient (Wildman–Crippen LogP) is 1.65. The average Bonchev–Trinajstić information content (AvgIpc) is 2.88. The van der Waals surface area contributed by atoms with Crippen LogP contribution >= 0.6 is 11.6 Å².